The fourth-order valence-electron chi connectivity index (χ4n) is 1.53. The summed E-state index contributed by atoms with van der Waals surface area (Å²) in [5.41, 5.74) is 1.72. The Morgan fingerprint density at radius 1 is 1.56 bits per heavy atom. The topological polar surface area (TPSA) is 55.2 Å². The minimum absolute atomic E-state index is 0.143. The Hall–Kier alpha value is -0.750. The molecule has 0 saturated heterocycles. The van der Waals surface area contributed by atoms with Gasteiger partial charge >= 0.3 is 0 Å². The summed E-state index contributed by atoms with van der Waals surface area (Å²) in [6.45, 7) is 4.79. The van der Waals surface area contributed by atoms with Crippen molar-refractivity contribution < 1.29 is 4.92 Å². The average Bonchev–Trinajstić information content (AvgIpc) is 2.32. The maximum Gasteiger partial charge on any atom is 0.273 e. The molecule has 4 nitrogen and oxygen atoms in total. The van der Waals surface area contributed by atoms with Gasteiger partial charge in [-0.25, -0.2) is 0 Å². The Morgan fingerprint density at radius 3 is 2.78 bits per heavy atom. The van der Waals surface area contributed by atoms with Crippen molar-refractivity contribution >= 4 is 39.1 Å². The van der Waals surface area contributed by atoms with Gasteiger partial charge in [0.15, 0.2) is 0 Å². The van der Waals surface area contributed by atoms with Crippen molar-refractivity contribution in [2.45, 2.75) is 25.5 Å². The monoisotopic (exact) mass is 332 g/mol. The van der Waals surface area contributed by atoms with Crippen LogP contribution in [0.3, 0.4) is 0 Å². The van der Waals surface area contributed by atoms with E-state index in [1.165, 1.54) is 0 Å². The molecule has 0 saturated carbocycles. The summed E-state index contributed by atoms with van der Waals surface area (Å²) in [5, 5.41) is 14.7. The molecule has 0 fully saturated rings. The molecule has 100 valence electrons. The molecule has 0 aliphatic rings. The summed E-state index contributed by atoms with van der Waals surface area (Å²) in [4.78, 5) is 10.4. The van der Waals surface area contributed by atoms with Gasteiger partial charge < -0.3 is 5.32 Å². The third-order valence-electron chi connectivity index (χ3n) is 2.75. The molecule has 1 N–H and O–H groups in total. The highest BCUT2D eigenvalue weighted by atomic mass is 79.9. The van der Waals surface area contributed by atoms with E-state index in [1.54, 1.807) is 13.0 Å². The van der Waals surface area contributed by atoms with Crippen molar-refractivity contribution in [1.82, 2.24) is 0 Å². The van der Waals surface area contributed by atoms with Crippen LogP contribution >= 0.6 is 27.7 Å². The normalized spacial score (nSPS) is 12.2. The molecule has 1 aromatic rings. The fraction of sp³-hybridized carbons (Fsp3) is 0.500. The van der Waals surface area contributed by atoms with Gasteiger partial charge in [-0.3, -0.25) is 10.1 Å². The van der Waals surface area contributed by atoms with E-state index >= 15 is 0 Å². The highest BCUT2D eigenvalue weighted by Crippen LogP contribution is 2.30. The minimum atomic E-state index is -0.361. The smallest absolute Gasteiger partial charge is 0.273 e. The second kappa shape index (κ2) is 6.99. The van der Waals surface area contributed by atoms with Gasteiger partial charge in [0.1, 0.15) is 0 Å². The molecule has 6 heteroatoms. The van der Waals surface area contributed by atoms with Crippen LogP contribution in [0.15, 0.2) is 16.6 Å². The van der Waals surface area contributed by atoms with E-state index in [0.29, 0.717) is 10.8 Å². The predicted octanol–water partition coefficient (Wildman–Crippen LogP) is 4.22. The van der Waals surface area contributed by atoms with E-state index in [0.717, 1.165) is 23.1 Å². The number of nitro groups is 1. The lowest BCUT2D eigenvalue weighted by Gasteiger charge is -2.12. The molecule has 18 heavy (non-hydrogen) atoms. The first-order chi connectivity index (χ1) is 8.45. The van der Waals surface area contributed by atoms with Crippen LogP contribution in [0.1, 0.15) is 18.9 Å². The number of rotatable bonds is 6. The number of hydrogen-bond acceptors (Lipinski definition) is 4. The van der Waals surface area contributed by atoms with E-state index in [2.05, 4.69) is 34.4 Å². The lowest BCUT2D eigenvalue weighted by Crippen LogP contribution is -2.08. The molecule has 0 radical (unpaired) electrons. The number of halogens is 1. The largest absolute Gasteiger partial charge is 0.384 e. The molecule has 0 spiro atoms. The van der Waals surface area contributed by atoms with Gasteiger partial charge in [-0.15, -0.1) is 0 Å². The van der Waals surface area contributed by atoms with Gasteiger partial charge in [-0.05, 0) is 41.6 Å². The number of hydrogen-bond donors (Lipinski definition) is 1. The Labute approximate surface area is 120 Å². The second-order valence-corrected chi connectivity index (χ2v) is 6.27. The third-order valence-corrected chi connectivity index (χ3v) is 4.45. The van der Waals surface area contributed by atoms with Gasteiger partial charge in [0.2, 0.25) is 0 Å². The summed E-state index contributed by atoms with van der Waals surface area (Å²) in [5.74, 6) is 0. The van der Waals surface area contributed by atoms with Gasteiger partial charge in [0, 0.05) is 33.6 Å². The fourth-order valence-corrected chi connectivity index (χ4v) is 2.36. The Kier molecular flexibility index (Phi) is 5.95. The van der Waals surface area contributed by atoms with Crippen molar-refractivity contribution in [1.29, 1.82) is 0 Å². The molecule has 0 amide bonds. The molecular formula is C12H17BrN2O2S. The molecule has 1 unspecified atom stereocenters. The van der Waals surface area contributed by atoms with Gasteiger partial charge in [-0.2, -0.15) is 11.8 Å². The zero-order valence-electron chi connectivity index (χ0n) is 10.7. The van der Waals surface area contributed by atoms with E-state index in [9.17, 15) is 10.1 Å². The molecule has 1 aromatic carbocycles. The molecule has 0 bridgehead atoms. The first-order valence-corrected chi connectivity index (χ1v) is 7.75. The lowest BCUT2D eigenvalue weighted by molar-refractivity contribution is -0.385. The highest BCUT2D eigenvalue weighted by Gasteiger charge is 2.13. The first kappa shape index (κ1) is 15.3. The predicted molar refractivity (Wildman–Crippen MR) is 81.6 cm³/mol. The average molecular weight is 333 g/mol. The molecule has 0 heterocycles. The van der Waals surface area contributed by atoms with E-state index < -0.39 is 0 Å². The first-order valence-electron chi connectivity index (χ1n) is 5.67. The zero-order chi connectivity index (χ0) is 13.7. The second-order valence-electron chi connectivity index (χ2n) is 4.14. The molecular weight excluding hydrogens is 316 g/mol. The summed E-state index contributed by atoms with van der Waals surface area (Å²) in [6, 6.07) is 3.36. The van der Waals surface area contributed by atoms with Crippen LogP contribution in [0.4, 0.5) is 11.4 Å². The Morgan fingerprint density at radius 2 is 2.22 bits per heavy atom. The highest BCUT2D eigenvalue weighted by molar-refractivity contribution is 9.10. The van der Waals surface area contributed by atoms with Crippen molar-refractivity contribution in [2.75, 3.05) is 18.1 Å². The van der Waals surface area contributed by atoms with Crippen LogP contribution in [-0.4, -0.2) is 23.0 Å². The van der Waals surface area contributed by atoms with Crippen molar-refractivity contribution in [3.05, 3.63) is 32.3 Å². The number of nitro benzene ring substituents is 1. The van der Waals surface area contributed by atoms with Crippen LogP contribution < -0.4 is 5.32 Å². The number of nitrogens with zero attached hydrogens (tertiary/aromatic N) is 1. The van der Waals surface area contributed by atoms with Gasteiger partial charge in [0.25, 0.3) is 5.69 Å². The zero-order valence-corrected chi connectivity index (χ0v) is 13.1. The van der Waals surface area contributed by atoms with Crippen molar-refractivity contribution in [2.24, 2.45) is 0 Å². The molecule has 1 rings (SSSR count). The number of anilines is 1. The molecule has 0 aliphatic carbocycles. The summed E-state index contributed by atoms with van der Waals surface area (Å²) >= 11 is 5.19. The third kappa shape index (κ3) is 4.17. The van der Waals surface area contributed by atoms with Crippen molar-refractivity contribution in [3.63, 3.8) is 0 Å². The van der Waals surface area contributed by atoms with Gasteiger partial charge in [0.05, 0.1) is 4.92 Å². The molecule has 0 aliphatic heterocycles. The minimum Gasteiger partial charge on any atom is -0.384 e. The van der Waals surface area contributed by atoms with Crippen LogP contribution in [0.5, 0.6) is 0 Å². The standard InChI is InChI=1S/C12H17BrN2O2S/c1-8-6-11(14-5-4-9(2)18-3)10(13)7-12(8)15(16)17/h6-7,9,14H,4-5H2,1-3H3. The quantitative estimate of drug-likeness (QED) is 0.625. The van der Waals surface area contributed by atoms with E-state index in [-0.39, 0.29) is 10.6 Å². The summed E-state index contributed by atoms with van der Waals surface area (Å²) < 4.78 is 0.733. The number of aryl methyl sites for hydroxylation is 1. The van der Waals surface area contributed by atoms with Crippen molar-refractivity contribution in [3.8, 4) is 0 Å². The Bertz CT molecular complexity index is 440. The number of thioether (sulfide) groups is 1. The van der Waals surface area contributed by atoms with E-state index in [4.69, 9.17) is 0 Å². The Balaban J connectivity index is 2.73. The van der Waals surface area contributed by atoms with Gasteiger partial charge in [-0.1, -0.05) is 6.92 Å². The number of benzene rings is 1. The van der Waals surface area contributed by atoms with Crippen LogP contribution in [0.25, 0.3) is 0 Å². The van der Waals surface area contributed by atoms with Crippen LogP contribution in [-0.2, 0) is 0 Å². The molecule has 0 aromatic heterocycles. The summed E-state index contributed by atoms with van der Waals surface area (Å²) in [6.07, 6.45) is 3.15. The van der Waals surface area contributed by atoms with E-state index in [1.807, 2.05) is 17.8 Å². The maximum atomic E-state index is 10.8. The number of nitrogens with one attached hydrogen (secondary N) is 1. The van der Waals surface area contributed by atoms with Crippen LogP contribution in [0.2, 0.25) is 0 Å². The molecule has 1 atom stereocenters. The lowest BCUT2D eigenvalue weighted by atomic mass is 10.2. The van der Waals surface area contributed by atoms with Crippen LogP contribution in [0, 0.1) is 17.0 Å². The summed E-state index contributed by atoms with van der Waals surface area (Å²) in [7, 11) is 0. The maximum absolute atomic E-state index is 10.8. The SMILES string of the molecule is CSC(C)CCNc1cc(C)c([N+](=O)[O-])cc1Br.